The van der Waals surface area contributed by atoms with E-state index in [0.717, 1.165) is 11.3 Å². The number of urea groups is 1. The van der Waals surface area contributed by atoms with Crippen LogP contribution < -0.4 is 21.3 Å². The highest BCUT2D eigenvalue weighted by Crippen LogP contribution is 2.16. The Hall–Kier alpha value is -3.99. The van der Waals surface area contributed by atoms with Crippen molar-refractivity contribution in [3.05, 3.63) is 64.6 Å². The van der Waals surface area contributed by atoms with Crippen molar-refractivity contribution in [1.82, 2.24) is 15.2 Å². The van der Waals surface area contributed by atoms with Gasteiger partial charge in [0.1, 0.15) is 6.54 Å². The van der Waals surface area contributed by atoms with Crippen molar-refractivity contribution in [2.45, 2.75) is 6.54 Å². The van der Waals surface area contributed by atoms with Gasteiger partial charge >= 0.3 is 11.8 Å². The largest absolute Gasteiger partial charge is 0.420 e. The number of nitrogens with zero attached hydrogens (tertiary/aromatic N) is 2. The molecule has 1 fully saturated rings. The van der Waals surface area contributed by atoms with Crippen molar-refractivity contribution < 1.29 is 14.0 Å². The normalized spacial score (nSPS) is 13.1. The molecule has 0 atom stereocenters. The Bertz CT molecular complexity index is 1180. The molecule has 0 bridgehead atoms. The molecule has 2 heterocycles. The van der Waals surface area contributed by atoms with Crippen LogP contribution in [0.25, 0.3) is 11.1 Å². The lowest BCUT2D eigenvalue weighted by atomic mass is 10.2. The Morgan fingerprint density at radius 2 is 1.93 bits per heavy atom. The van der Waals surface area contributed by atoms with E-state index in [9.17, 15) is 14.4 Å². The topological polar surface area (TPSA) is 96.6 Å². The average Bonchev–Trinajstić information content (AvgIpc) is 3.29. The summed E-state index contributed by atoms with van der Waals surface area (Å²) in [5, 5.41) is 5.43. The second kappa shape index (κ2) is 7.94. The minimum atomic E-state index is -0.570. The maximum Gasteiger partial charge on any atom is 0.420 e. The molecule has 3 amide bonds. The van der Waals surface area contributed by atoms with Crippen LogP contribution in [0.3, 0.4) is 0 Å². The zero-order valence-corrected chi connectivity index (χ0v) is 15.5. The molecule has 146 valence electrons. The standard InChI is InChI=1S/C21H18N4O4/c26-19(14-25-17-5-1-2-6-18(17)29-21(25)28)22-11-3-4-15-7-9-16(10-8-15)24-13-12-23-20(24)27/h1-2,5-10H,11-14H2,(H,22,26)(H,23,27). The Balaban J connectivity index is 1.33. The van der Waals surface area contributed by atoms with E-state index >= 15 is 0 Å². The second-order valence-electron chi connectivity index (χ2n) is 6.43. The summed E-state index contributed by atoms with van der Waals surface area (Å²) >= 11 is 0. The number of benzene rings is 2. The van der Waals surface area contributed by atoms with Gasteiger partial charge in [0.05, 0.1) is 12.1 Å². The number of rotatable bonds is 4. The molecule has 0 saturated carbocycles. The lowest BCUT2D eigenvalue weighted by Crippen LogP contribution is -2.31. The van der Waals surface area contributed by atoms with E-state index in [4.69, 9.17) is 4.42 Å². The first-order chi connectivity index (χ1) is 14.1. The zero-order valence-electron chi connectivity index (χ0n) is 15.5. The number of amides is 3. The number of aromatic nitrogens is 1. The summed E-state index contributed by atoms with van der Waals surface area (Å²) in [6.07, 6.45) is 0. The smallest absolute Gasteiger partial charge is 0.408 e. The molecular weight excluding hydrogens is 372 g/mol. The molecule has 1 saturated heterocycles. The van der Waals surface area contributed by atoms with E-state index in [1.165, 1.54) is 4.57 Å². The number of carbonyl (C=O) groups excluding carboxylic acids is 2. The highest BCUT2D eigenvalue weighted by atomic mass is 16.4. The molecule has 0 aliphatic carbocycles. The van der Waals surface area contributed by atoms with Gasteiger partial charge in [-0.1, -0.05) is 24.0 Å². The lowest BCUT2D eigenvalue weighted by molar-refractivity contribution is -0.121. The van der Waals surface area contributed by atoms with E-state index < -0.39 is 5.76 Å². The molecular formula is C21H18N4O4. The lowest BCUT2D eigenvalue weighted by Gasteiger charge is -2.13. The first kappa shape index (κ1) is 18.4. The number of nitrogens with one attached hydrogen (secondary N) is 2. The second-order valence-corrected chi connectivity index (χ2v) is 6.43. The molecule has 0 radical (unpaired) electrons. The molecule has 2 aromatic carbocycles. The van der Waals surface area contributed by atoms with Crippen LogP contribution in [0.2, 0.25) is 0 Å². The molecule has 4 rings (SSSR count). The van der Waals surface area contributed by atoms with Gasteiger partial charge in [-0.15, -0.1) is 0 Å². The SMILES string of the molecule is O=C(Cn1c(=O)oc2ccccc21)NCC#Cc1ccc(N2CCNC2=O)cc1. The molecule has 0 unspecified atom stereocenters. The van der Waals surface area contributed by atoms with Gasteiger partial charge in [-0.25, -0.2) is 9.59 Å². The van der Waals surface area contributed by atoms with E-state index in [-0.39, 0.29) is 25.0 Å². The first-order valence-corrected chi connectivity index (χ1v) is 9.11. The third kappa shape index (κ3) is 3.99. The molecule has 3 aromatic rings. The predicted molar refractivity (Wildman–Crippen MR) is 108 cm³/mol. The van der Waals surface area contributed by atoms with Gasteiger partial charge in [-0.2, -0.15) is 0 Å². The highest BCUT2D eigenvalue weighted by molar-refractivity contribution is 5.94. The van der Waals surface area contributed by atoms with Crippen molar-refractivity contribution in [1.29, 1.82) is 0 Å². The van der Waals surface area contributed by atoms with Gasteiger partial charge in [0.25, 0.3) is 0 Å². The van der Waals surface area contributed by atoms with E-state index in [1.807, 2.05) is 24.3 Å². The molecule has 8 nitrogen and oxygen atoms in total. The first-order valence-electron chi connectivity index (χ1n) is 9.11. The molecule has 0 spiro atoms. The number of carbonyl (C=O) groups is 2. The van der Waals surface area contributed by atoms with Gasteiger partial charge in [-0.05, 0) is 36.4 Å². The van der Waals surface area contributed by atoms with Crippen LogP contribution in [0.4, 0.5) is 10.5 Å². The highest BCUT2D eigenvalue weighted by Gasteiger charge is 2.20. The fourth-order valence-electron chi connectivity index (χ4n) is 3.09. The summed E-state index contributed by atoms with van der Waals surface area (Å²) in [5.41, 5.74) is 2.61. The van der Waals surface area contributed by atoms with Crippen molar-refractivity contribution in [2.75, 3.05) is 24.5 Å². The number of hydrogen-bond donors (Lipinski definition) is 2. The van der Waals surface area contributed by atoms with Crippen LogP contribution in [-0.2, 0) is 11.3 Å². The predicted octanol–water partition coefficient (Wildman–Crippen LogP) is 1.29. The van der Waals surface area contributed by atoms with Crippen LogP contribution in [0.1, 0.15) is 5.56 Å². The number of oxazole rings is 1. The van der Waals surface area contributed by atoms with Crippen molar-refractivity contribution >= 4 is 28.7 Å². The fourth-order valence-corrected chi connectivity index (χ4v) is 3.09. The van der Waals surface area contributed by atoms with Crippen LogP contribution in [0.5, 0.6) is 0 Å². The molecule has 29 heavy (non-hydrogen) atoms. The summed E-state index contributed by atoms with van der Waals surface area (Å²) in [5.74, 6) is 4.93. The third-order valence-corrected chi connectivity index (χ3v) is 4.52. The quantitative estimate of drug-likeness (QED) is 0.656. The van der Waals surface area contributed by atoms with Crippen molar-refractivity contribution in [2.24, 2.45) is 0 Å². The molecule has 2 N–H and O–H groups in total. The van der Waals surface area contributed by atoms with E-state index in [1.54, 1.807) is 29.2 Å². The van der Waals surface area contributed by atoms with Crippen LogP contribution in [0, 0.1) is 11.8 Å². The molecule has 8 heteroatoms. The number of fused-ring (bicyclic) bond motifs is 1. The Labute approximate surface area is 166 Å². The summed E-state index contributed by atoms with van der Waals surface area (Å²) in [6, 6.07) is 14.2. The average molecular weight is 390 g/mol. The number of para-hydroxylation sites is 2. The fraction of sp³-hybridized carbons (Fsp3) is 0.190. The summed E-state index contributed by atoms with van der Waals surface area (Å²) < 4.78 is 6.39. The summed E-state index contributed by atoms with van der Waals surface area (Å²) in [7, 11) is 0. The van der Waals surface area contributed by atoms with Gasteiger partial charge in [0.2, 0.25) is 5.91 Å². The van der Waals surface area contributed by atoms with Crippen molar-refractivity contribution in [3.63, 3.8) is 0 Å². The Morgan fingerprint density at radius 3 is 2.69 bits per heavy atom. The van der Waals surface area contributed by atoms with Gasteiger partial charge < -0.3 is 15.1 Å². The molecule has 1 aromatic heterocycles. The van der Waals surface area contributed by atoms with Gasteiger partial charge in [-0.3, -0.25) is 14.3 Å². The van der Waals surface area contributed by atoms with Gasteiger partial charge in [0, 0.05) is 24.3 Å². The summed E-state index contributed by atoms with van der Waals surface area (Å²) in [6.45, 7) is 1.30. The molecule has 1 aliphatic heterocycles. The minimum Gasteiger partial charge on any atom is -0.408 e. The summed E-state index contributed by atoms with van der Waals surface area (Å²) in [4.78, 5) is 37.3. The van der Waals surface area contributed by atoms with Crippen LogP contribution in [-0.4, -0.2) is 36.1 Å². The maximum absolute atomic E-state index is 12.1. The van der Waals surface area contributed by atoms with Crippen molar-refractivity contribution in [3.8, 4) is 11.8 Å². The van der Waals surface area contributed by atoms with E-state index in [2.05, 4.69) is 22.5 Å². The van der Waals surface area contributed by atoms with Crippen LogP contribution >= 0.6 is 0 Å². The number of anilines is 1. The zero-order chi connectivity index (χ0) is 20.2. The Kier molecular flexibility index (Phi) is 5.03. The van der Waals surface area contributed by atoms with Crippen LogP contribution in [0.15, 0.2) is 57.7 Å². The monoisotopic (exact) mass is 390 g/mol. The maximum atomic E-state index is 12.1. The molecule has 1 aliphatic rings. The minimum absolute atomic E-state index is 0.101. The third-order valence-electron chi connectivity index (χ3n) is 4.52. The van der Waals surface area contributed by atoms with Gasteiger partial charge in [0.15, 0.2) is 5.58 Å². The number of hydrogen-bond acceptors (Lipinski definition) is 4. The van der Waals surface area contributed by atoms with E-state index in [0.29, 0.717) is 24.2 Å². The Morgan fingerprint density at radius 1 is 1.14 bits per heavy atom.